The lowest BCUT2D eigenvalue weighted by atomic mass is 9.70. The van der Waals surface area contributed by atoms with E-state index in [9.17, 15) is 4.79 Å². The predicted octanol–water partition coefficient (Wildman–Crippen LogP) is 17.5. The van der Waals surface area contributed by atoms with Crippen molar-refractivity contribution >= 4 is 39.7 Å². The first-order valence-corrected chi connectivity index (χ1v) is 26.7. The Hall–Kier alpha value is -7.41. The highest BCUT2D eigenvalue weighted by Crippen LogP contribution is 2.63. The summed E-state index contributed by atoms with van der Waals surface area (Å²) in [6.07, 6.45) is 22.2. The highest BCUT2D eigenvalue weighted by atomic mass is 17.2. The van der Waals surface area contributed by atoms with Crippen LogP contribution in [-0.4, -0.2) is 25.8 Å². The van der Waals surface area contributed by atoms with E-state index in [1.165, 1.54) is 81.4 Å². The molecular weight excluding hydrogens is 901 g/mol. The maximum absolute atomic E-state index is 13.6. The van der Waals surface area contributed by atoms with Crippen LogP contribution in [0.5, 0.6) is 23.0 Å². The van der Waals surface area contributed by atoms with Gasteiger partial charge in [-0.15, -0.1) is 0 Å². The molecule has 1 unspecified atom stereocenters. The lowest BCUT2D eigenvalue weighted by Crippen LogP contribution is -2.26. The molecule has 0 bridgehead atoms. The summed E-state index contributed by atoms with van der Waals surface area (Å²) in [5.41, 5.74) is 10.3. The van der Waals surface area contributed by atoms with E-state index in [0.29, 0.717) is 11.5 Å². The summed E-state index contributed by atoms with van der Waals surface area (Å²) in [5.74, 6) is 2.43. The van der Waals surface area contributed by atoms with Crippen molar-refractivity contribution in [3.63, 3.8) is 0 Å². The van der Waals surface area contributed by atoms with Crippen LogP contribution in [0.25, 0.3) is 56.0 Å². The highest BCUT2D eigenvalue weighted by molar-refractivity contribution is 5.96. The first kappa shape index (κ1) is 49.2. The normalized spacial score (nSPS) is 14.2. The van der Waals surface area contributed by atoms with Gasteiger partial charge in [0.05, 0.1) is 18.6 Å². The number of rotatable bonds is 24. The van der Waals surface area contributed by atoms with Crippen LogP contribution in [-0.2, 0) is 15.1 Å². The Labute approximate surface area is 431 Å². The van der Waals surface area contributed by atoms with Crippen LogP contribution in [0.15, 0.2) is 170 Å². The van der Waals surface area contributed by atoms with E-state index in [1.807, 2.05) is 42.5 Å². The van der Waals surface area contributed by atoms with E-state index in [2.05, 4.69) is 147 Å². The molecule has 370 valence electrons. The van der Waals surface area contributed by atoms with E-state index in [0.717, 1.165) is 104 Å². The zero-order valence-corrected chi connectivity index (χ0v) is 42.4. The van der Waals surface area contributed by atoms with Crippen LogP contribution in [0, 0.1) is 0 Å². The van der Waals surface area contributed by atoms with Crippen molar-refractivity contribution in [2.75, 3.05) is 19.8 Å². The number of fused-ring (bicyclic) bond motifs is 12. The fraction of sp³-hybridized carbons (Fsp3) is 0.269. The second kappa shape index (κ2) is 23.4. The Kier molecular flexibility index (Phi) is 15.8. The molecule has 0 N–H and O–H groups in total. The minimum Gasteiger partial charge on any atom is -0.494 e. The summed E-state index contributed by atoms with van der Waals surface area (Å²) in [5, 5.41) is 4.49. The van der Waals surface area contributed by atoms with Crippen molar-refractivity contribution in [2.24, 2.45) is 0 Å². The number of carbonyl (C=O) groups is 1. The molecule has 8 aromatic carbocycles. The second-order valence-corrected chi connectivity index (χ2v) is 19.5. The minimum atomic E-state index is -0.684. The lowest BCUT2D eigenvalue weighted by molar-refractivity contribution is -0.195. The molecule has 6 nitrogen and oxygen atoms in total. The number of unbranched alkanes of at least 4 members (excludes halogenated alkanes) is 10. The third-order valence-electron chi connectivity index (χ3n) is 14.5. The van der Waals surface area contributed by atoms with Crippen molar-refractivity contribution < 1.29 is 28.8 Å². The van der Waals surface area contributed by atoms with Gasteiger partial charge in [0.1, 0.15) is 23.9 Å². The summed E-state index contributed by atoms with van der Waals surface area (Å²) >= 11 is 0. The van der Waals surface area contributed by atoms with Crippen molar-refractivity contribution in [3.05, 3.63) is 203 Å². The fourth-order valence-corrected chi connectivity index (χ4v) is 10.9. The molecule has 1 spiro atoms. The zero-order chi connectivity index (χ0) is 49.8. The molecule has 0 aliphatic heterocycles. The van der Waals surface area contributed by atoms with Gasteiger partial charge in [0.25, 0.3) is 0 Å². The number of esters is 1. The molecule has 0 fully saturated rings. The first-order chi connectivity index (χ1) is 36.0. The van der Waals surface area contributed by atoms with E-state index in [4.69, 9.17) is 24.0 Å². The Morgan fingerprint density at radius 2 is 0.904 bits per heavy atom. The molecule has 0 radical (unpaired) electrons. The summed E-state index contributed by atoms with van der Waals surface area (Å²) in [6, 6.07) is 54.5. The average molecular weight is 967 g/mol. The summed E-state index contributed by atoms with van der Waals surface area (Å²) in [6.45, 7) is 6.24. The molecule has 10 rings (SSSR count). The third kappa shape index (κ3) is 11.0. The van der Waals surface area contributed by atoms with Gasteiger partial charge in [-0.25, -0.2) is 4.79 Å². The molecule has 1 atom stereocenters. The van der Waals surface area contributed by atoms with Gasteiger partial charge in [-0.3, -0.25) is 0 Å². The molecule has 0 amide bonds. The lowest BCUT2D eigenvalue weighted by Gasteiger charge is -2.30. The van der Waals surface area contributed by atoms with Crippen LogP contribution in [0.1, 0.15) is 124 Å². The molecule has 2 aliphatic rings. The number of ether oxygens (including phenoxy) is 3. The van der Waals surface area contributed by atoms with Gasteiger partial charge in [0.2, 0.25) is 0 Å². The van der Waals surface area contributed by atoms with Crippen LogP contribution >= 0.6 is 0 Å². The quantitative estimate of drug-likeness (QED) is 0.0150. The third-order valence-corrected chi connectivity index (χ3v) is 14.5. The van der Waals surface area contributed by atoms with Crippen molar-refractivity contribution in [2.45, 2.75) is 96.3 Å². The number of carbonyl (C=O) groups excluding carboxylic acids is 1. The maximum Gasteiger partial charge on any atom is 0.336 e. The van der Waals surface area contributed by atoms with E-state index >= 15 is 0 Å². The molecular formula is C67H66O6. The summed E-state index contributed by atoms with van der Waals surface area (Å²) in [4.78, 5) is 25.4. The monoisotopic (exact) mass is 966 g/mol. The summed E-state index contributed by atoms with van der Waals surface area (Å²) in [7, 11) is 0. The standard InChI is InChI=1S/C67H66O6/c1-3-5-7-9-11-17-39-69-54-32-30-50-42-48(25-28-52(50)44-54)20-19-41-71-73-57-35-37-61-59-22-14-16-24-63(59)67(65(61)47-57)62-23-15-13-21-58(62)60-36-34-56(46-64(60)67)72-66(68)38-27-49-26-29-53-45-55(33-31-51(53)43-49)70-40-18-12-10-8-6-4-2/h13-16,19-38,42-47H,3-12,17-18,39-41H2,1-2H3/b20-19+,38-27+. The Morgan fingerprint density at radius 3 is 1.49 bits per heavy atom. The maximum atomic E-state index is 13.6. The zero-order valence-electron chi connectivity index (χ0n) is 42.4. The Bertz CT molecular complexity index is 3260. The molecule has 0 aromatic heterocycles. The van der Waals surface area contributed by atoms with E-state index in [1.54, 1.807) is 0 Å². The van der Waals surface area contributed by atoms with Gasteiger partial charge in [-0.1, -0.05) is 187 Å². The van der Waals surface area contributed by atoms with Gasteiger partial charge in [-0.2, -0.15) is 4.89 Å². The SMILES string of the molecule is CCCCCCCCOc1ccc2cc(/C=C/COOc3ccc4c(c3)C3(c5ccccc5-4)c4ccccc4-c4ccc(OC(=O)/C=C/c5ccc6cc(OCCCCCCCC)ccc6c5)cc43)ccc2c1. The van der Waals surface area contributed by atoms with E-state index in [-0.39, 0.29) is 6.61 Å². The number of benzene rings is 8. The van der Waals surface area contributed by atoms with Crippen LogP contribution in [0.4, 0.5) is 0 Å². The highest BCUT2D eigenvalue weighted by Gasteiger charge is 2.52. The molecule has 8 aromatic rings. The van der Waals surface area contributed by atoms with Gasteiger partial charge in [0, 0.05) is 6.08 Å². The first-order valence-electron chi connectivity index (χ1n) is 26.7. The Balaban J connectivity index is 0.812. The van der Waals surface area contributed by atoms with Crippen LogP contribution in [0.2, 0.25) is 0 Å². The Morgan fingerprint density at radius 1 is 0.438 bits per heavy atom. The molecule has 0 saturated heterocycles. The largest absolute Gasteiger partial charge is 0.494 e. The fourth-order valence-electron chi connectivity index (χ4n) is 10.9. The molecule has 73 heavy (non-hydrogen) atoms. The van der Waals surface area contributed by atoms with Crippen LogP contribution < -0.4 is 19.1 Å². The average Bonchev–Trinajstić information content (AvgIpc) is 3.91. The van der Waals surface area contributed by atoms with Crippen LogP contribution in [0.3, 0.4) is 0 Å². The number of hydrogen-bond acceptors (Lipinski definition) is 6. The predicted molar refractivity (Wildman–Crippen MR) is 299 cm³/mol. The van der Waals surface area contributed by atoms with Gasteiger partial charge < -0.3 is 19.1 Å². The number of hydrogen-bond donors (Lipinski definition) is 0. The second-order valence-electron chi connectivity index (χ2n) is 19.5. The molecule has 2 aliphatic carbocycles. The van der Waals surface area contributed by atoms with Gasteiger partial charge >= 0.3 is 5.97 Å². The molecule has 0 heterocycles. The van der Waals surface area contributed by atoms with Gasteiger partial charge in [0.15, 0.2) is 5.75 Å². The smallest absolute Gasteiger partial charge is 0.336 e. The van der Waals surface area contributed by atoms with Crippen molar-refractivity contribution in [1.29, 1.82) is 0 Å². The molecule has 6 heteroatoms. The van der Waals surface area contributed by atoms with Crippen molar-refractivity contribution in [1.82, 2.24) is 0 Å². The van der Waals surface area contributed by atoms with Gasteiger partial charge in [-0.05, 0) is 157 Å². The molecule has 0 saturated carbocycles. The van der Waals surface area contributed by atoms with Crippen molar-refractivity contribution in [3.8, 4) is 45.3 Å². The topological polar surface area (TPSA) is 63.2 Å². The minimum absolute atomic E-state index is 0.261. The van der Waals surface area contributed by atoms with E-state index < -0.39 is 11.4 Å². The summed E-state index contributed by atoms with van der Waals surface area (Å²) < 4.78 is 18.2.